The first kappa shape index (κ1) is 13.1. The van der Waals surface area contributed by atoms with Crippen LogP contribution in [0.5, 0.6) is 0 Å². The minimum Gasteiger partial charge on any atom is -0.294 e. The Bertz CT molecular complexity index is 712. The van der Waals surface area contributed by atoms with Gasteiger partial charge in [0.2, 0.25) is 0 Å². The van der Waals surface area contributed by atoms with Crippen LogP contribution in [0.1, 0.15) is 28.8 Å². The molecule has 2 heteroatoms. The molecular weight excluding hydrogens is 264 g/mol. The lowest BCUT2D eigenvalue weighted by Gasteiger charge is -2.01. The topological polar surface area (TPSA) is 17.1 Å². The van der Waals surface area contributed by atoms with Gasteiger partial charge in [-0.15, -0.1) is 11.3 Å². The fraction of sp³-hybridized carbons (Fsp3) is 0.167. The molecule has 3 rings (SSSR count). The largest absolute Gasteiger partial charge is 0.294 e. The van der Waals surface area contributed by atoms with Crippen LogP contribution < -0.4 is 0 Å². The second-order valence-electron chi connectivity index (χ2n) is 4.90. The van der Waals surface area contributed by atoms with Crippen molar-refractivity contribution in [1.29, 1.82) is 0 Å². The highest BCUT2D eigenvalue weighted by atomic mass is 32.1. The van der Waals surface area contributed by atoms with Crippen molar-refractivity contribution in [2.24, 2.45) is 0 Å². The van der Waals surface area contributed by atoms with Gasteiger partial charge < -0.3 is 0 Å². The molecule has 1 heterocycles. The van der Waals surface area contributed by atoms with Crippen molar-refractivity contribution in [1.82, 2.24) is 0 Å². The maximum absolute atomic E-state index is 12.0. The summed E-state index contributed by atoms with van der Waals surface area (Å²) in [7, 11) is 0. The highest BCUT2D eigenvalue weighted by Crippen LogP contribution is 2.26. The van der Waals surface area contributed by atoms with E-state index in [1.165, 1.54) is 15.6 Å². The van der Waals surface area contributed by atoms with Crippen molar-refractivity contribution in [3.8, 4) is 0 Å². The van der Waals surface area contributed by atoms with Crippen LogP contribution in [0, 0.1) is 0 Å². The van der Waals surface area contributed by atoms with Crippen LogP contribution in [0.25, 0.3) is 10.1 Å². The zero-order valence-electron chi connectivity index (χ0n) is 11.2. The van der Waals surface area contributed by atoms with E-state index in [0.717, 1.165) is 18.4 Å². The van der Waals surface area contributed by atoms with Crippen LogP contribution in [-0.2, 0) is 6.42 Å². The smallest absolute Gasteiger partial charge is 0.162 e. The van der Waals surface area contributed by atoms with Crippen LogP contribution >= 0.6 is 11.3 Å². The lowest BCUT2D eigenvalue weighted by molar-refractivity contribution is 0.0980. The van der Waals surface area contributed by atoms with E-state index in [-0.39, 0.29) is 5.78 Å². The van der Waals surface area contributed by atoms with Gasteiger partial charge in [0.25, 0.3) is 0 Å². The van der Waals surface area contributed by atoms with Gasteiger partial charge in [-0.05, 0) is 35.2 Å². The maximum Gasteiger partial charge on any atom is 0.162 e. The SMILES string of the molecule is O=C(CCCc1csc2ccccc12)c1ccccc1. The van der Waals surface area contributed by atoms with Crippen molar-refractivity contribution in [3.05, 3.63) is 71.1 Å². The van der Waals surface area contributed by atoms with E-state index >= 15 is 0 Å². The molecule has 0 radical (unpaired) electrons. The summed E-state index contributed by atoms with van der Waals surface area (Å²) in [6.07, 6.45) is 2.51. The highest BCUT2D eigenvalue weighted by Gasteiger charge is 2.07. The predicted octanol–water partition coefficient (Wildman–Crippen LogP) is 5.11. The third-order valence-electron chi connectivity index (χ3n) is 3.51. The van der Waals surface area contributed by atoms with Gasteiger partial charge in [-0.1, -0.05) is 48.5 Å². The molecule has 0 unspecified atom stereocenters. The number of carbonyl (C=O) groups is 1. The van der Waals surface area contributed by atoms with Crippen LogP contribution in [0.3, 0.4) is 0 Å². The minimum atomic E-state index is 0.241. The Labute approximate surface area is 122 Å². The summed E-state index contributed by atoms with van der Waals surface area (Å²) in [5.41, 5.74) is 2.19. The van der Waals surface area contributed by atoms with Crippen molar-refractivity contribution in [3.63, 3.8) is 0 Å². The summed E-state index contributed by atoms with van der Waals surface area (Å²) in [5.74, 6) is 0.241. The number of fused-ring (bicyclic) bond motifs is 1. The number of rotatable bonds is 5. The third-order valence-corrected chi connectivity index (χ3v) is 4.52. The Morgan fingerprint density at radius 2 is 1.70 bits per heavy atom. The molecule has 1 nitrogen and oxygen atoms in total. The number of aryl methyl sites for hydroxylation is 1. The lowest BCUT2D eigenvalue weighted by Crippen LogP contribution is -1.99. The number of hydrogen-bond acceptors (Lipinski definition) is 2. The van der Waals surface area contributed by atoms with Gasteiger partial charge >= 0.3 is 0 Å². The summed E-state index contributed by atoms with van der Waals surface area (Å²) >= 11 is 1.78. The zero-order valence-corrected chi connectivity index (χ0v) is 12.0. The van der Waals surface area contributed by atoms with Gasteiger partial charge in [0.1, 0.15) is 0 Å². The molecule has 0 aliphatic heterocycles. The molecule has 100 valence electrons. The van der Waals surface area contributed by atoms with Crippen molar-refractivity contribution >= 4 is 27.2 Å². The number of benzene rings is 2. The molecular formula is C18H16OS. The normalized spacial score (nSPS) is 10.8. The summed E-state index contributed by atoms with van der Waals surface area (Å²) < 4.78 is 1.33. The summed E-state index contributed by atoms with van der Waals surface area (Å²) in [4.78, 5) is 12.0. The molecule has 0 spiro atoms. The first-order valence-electron chi connectivity index (χ1n) is 6.88. The Kier molecular flexibility index (Phi) is 3.93. The molecule has 0 N–H and O–H groups in total. The number of Topliss-reactive ketones (excluding diaryl/α,β-unsaturated/α-hetero) is 1. The van der Waals surface area contributed by atoms with E-state index in [0.29, 0.717) is 6.42 Å². The monoisotopic (exact) mass is 280 g/mol. The zero-order chi connectivity index (χ0) is 13.8. The summed E-state index contributed by atoms with van der Waals surface area (Å²) in [6, 6.07) is 18.0. The first-order valence-corrected chi connectivity index (χ1v) is 7.76. The number of carbonyl (C=O) groups excluding carboxylic acids is 1. The van der Waals surface area contributed by atoms with Crippen molar-refractivity contribution in [2.45, 2.75) is 19.3 Å². The maximum atomic E-state index is 12.0. The molecule has 2 aromatic carbocycles. The molecule has 20 heavy (non-hydrogen) atoms. The van der Waals surface area contributed by atoms with Gasteiger partial charge in [-0.2, -0.15) is 0 Å². The number of thiophene rings is 1. The number of ketones is 1. The number of hydrogen-bond donors (Lipinski definition) is 0. The first-order chi connectivity index (χ1) is 9.84. The standard InChI is InChI=1S/C18H16OS/c19-17(14-7-2-1-3-8-14)11-6-9-15-13-20-18-12-5-4-10-16(15)18/h1-5,7-8,10,12-13H,6,9,11H2. The van der Waals surface area contributed by atoms with Crippen LogP contribution in [0.15, 0.2) is 60.0 Å². The molecule has 0 amide bonds. The van der Waals surface area contributed by atoms with Gasteiger partial charge in [-0.25, -0.2) is 0 Å². The molecule has 0 saturated heterocycles. The Morgan fingerprint density at radius 1 is 0.950 bits per heavy atom. The average Bonchev–Trinajstić information content (AvgIpc) is 2.92. The van der Waals surface area contributed by atoms with E-state index in [1.807, 2.05) is 30.3 Å². The molecule has 3 aromatic rings. The molecule has 0 aliphatic carbocycles. The van der Waals surface area contributed by atoms with Crippen LogP contribution in [0.2, 0.25) is 0 Å². The Balaban J connectivity index is 1.62. The molecule has 0 fully saturated rings. The summed E-state index contributed by atoms with van der Waals surface area (Å²) in [5, 5.41) is 3.56. The van der Waals surface area contributed by atoms with Gasteiger partial charge in [0.15, 0.2) is 5.78 Å². The second kappa shape index (κ2) is 6.02. The van der Waals surface area contributed by atoms with Crippen molar-refractivity contribution in [2.75, 3.05) is 0 Å². The lowest BCUT2D eigenvalue weighted by atomic mass is 10.0. The van der Waals surface area contributed by atoms with Gasteiger partial charge in [-0.3, -0.25) is 4.79 Å². The average molecular weight is 280 g/mol. The quantitative estimate of drug-likeness (QED) is 0.594. The minimum absolute atomic E-state index is 0.241. The Hall–Kier alpha value is -1.93. The molecule has 0 saturated carbocycles. The fourth-order valence-electron chi connectivity index (χ4n) is 2.43. The van der Waals surface area contributed by atoms with Crippen LogP contribution in [0.4, 0.5) is 0 Å². The van der Waals surface area contributed by atoms with Crippen LogP contribution in [-0.4, -0.2) is 5.78 Å². The van der Waals surface area contributed by atoms with Gasteiger partial charge in [0, 0.05) is 16.7 Å². The second-order valence-corrected chi connectivity index (χ2v) is 5.81. The third kappa shape index (κ3) is 2.81. The highest BCUT2D eigenvalue weighted by molar-refractivity contribution is 7.17. The molecule has 0 aliphatic rings. The van der Waals surface area contributed by atoms with Crippen molar-refractivity contribution < 1.29 is 4.79 Å². The molecule has 0 bridgehead atoms. The molecule has 0 atom stereocenters. The van der Waals surface area contributed by atoms with E-state index in [1.54, 1.807) is 11.3 Å². The van der Waals surface area contributed by atoms with E-state index < -0.39 is 0 Å². The molecule has 1 aromatic heterocycles. The predicted molar refractivity (Wildman–Crippen MR) is 85.5 cm³/mol. The Morgan fingerprint density at radius 3 is 2.55 bits per heavy atom. The summed E-state index contributed by atoms with van der Waals surface area (Å²) in [6.45, 7) is 0. The van der Waals surface area contributed by atoms with E-state index in [9.17, 15) is 4.79 Å². The van der Waals surface area contributed by atoms with Gasteiger partial charge in [0.05, 0.1) is 0 Å². The van der Waals surface area contributed by atoms with E-state index in [2.05, 4.69) is 29.6 Å². The van der Waals surface area contributed by atoms with E-state index in [4.69, 9.17) is 0 Å². The fourth-order valence-corrected chi connectivity index (χ4v) is 3.43.